The Morgan fingerprint density at radius 2 is 1.23 bits per heavy atom. The van der Waals surface area contributed by atoms with Crippen molar-refractivity contribution in [3.05, 3.63) is 148 Å². The summed E-state index contributed by atoms with van der Waals surface area (Å²) in [5.74, 6) is -0.0666. The number of para-hydroxylation sites is 2. The number of anilines is 8. The average Bonchev–Trinajstić information content (AvgIpc) is 1.62. The molecule has 9 aromatic rings. The van der Waals surface area contributed by atoms with Crippen molar-refractivity contribution in [2.75, 3.05) is 15.1 Å². The van der Waals surface area contributed by atoms with E-state index in [-0.39, 0.29) is 109 Å². The largest absolute Gasteiger partial charge is 0.456 e. The number of hydrogen-bond donors (Lipinski definition) is 1. The van der Waals surface area contributed by atoms with E-state index in [2.05, 4.69) is 33.0 Å². The third-order valence-corrected chi connectivity index (χ3v) is 14.7. The van der Waals surface area contributed by atoms with E-state index in [1.165, 1.54) is 17.4 Å². The van der Waals surface area contributed by atoms with Gasteiger partial charge in [-0.15, -0.1) is 0 Å². The zero-order valence-corrected chi connectivity index (χ0v) is 38.5. The highest BCUT2D eigenvalue weighted by Crippen LogP contribution is 2.57. The Labute approximate surface area is 415 Å². The average molecular weight is 890 g/mol. The molecular formula is C58H56BN3O2S. The molecule has 1 aliphatic carbocycles. The third kappa shape index (κ3) is 6.10. The summed E-state index contributed by atoms with van der Waals surface area (Å²) in [6.45, 7) is 18.1. The topological polar surface area (TPSA) is 44.8 Å². The summed E-state index contributed by atoms with van der Waals surface area (Å²) < 4.78 is 203. The van der Waals surface area contributed by atoms with Crippen LogP contribution in [0.15, 0.2) is 136 Å². The van der Waals surface area contributed by atoms with E-state index in [1.54, 1.807) is 25.7 Å². The van der Waals surface area contributed by atoms with Gasteiger partial charge in [0.2, 0.25) is 0 Å². The maximum absolute atomic E-state index is 11.0. The van der Waals surface area contributed by atoms with Crippen molar-refractivity contribution in [2.45, 2.75) is 104 Å². The fourth-order valence-corrected chi connectivity index (χ4v) is 11.3. The summed E-state index contributed by atoms with van der Waals surface area (Å²) in [5.41, 5.74) is -4.00. The molecule has 1 N–H and O–H groups in total. The zero-order valence-electron chi connectivity index (χ0n) is 57.7. The molecule has 5 nitrogen and oxygen atoms in total. The molecule has 0 saturated carbocycles. The molecule has 0 atom stereocenters. The second kappa shape index (κ2) is 13.7. The number of furan rings is 2. The Balaban J connectivity index is 1.35. The quantitative estimate of drug-likeness (QED) is 0.178. The Morgan fingerprint density at radius 1 is 0.646 bits per heavy atom. The molecule has 0 spiro atoms. The van der Waals surface area contributed by atoms with Gasteiger partial charge < -0.3 is 24.0 Å². The minimum Gasteiger partial charge on any atom is -0.456 e. The van der Waals surface area contributed by atoms with Gasteiger partial charge in [-0.1, -0.05) is 118 Å². The van der Waals surface area contributed by atoms with Crippen LogP contribution in [0.5, 0.6) is 0 Å². The second-order valence-electron chi connectivity index (χ2n) is 20.6. The molecule has 324 valence electrons. The van der Waals surface area contributed by atoms with Gasteiger partial charge in [-0.05, 0) is 135 Å². The molecule has 12 rings (SSSR count). The summed E-state index contributed by atoms with van der Waals surface area (Å²) in [6, 6.07) is -11.2. The van der Waals surface area contributed by atoms with Crippen LogP contribution in [0.3, 0.4) is 0 Å². The summed E-state index contributed by atoms with van der Waals surface area (Å²) in [7, 11) is 0. The van der Waals surface area contributed by atoms with Gasteiger partial charge in [0.15, 0.2) is 5.88 Å². The molecule has 0 saturated heterocycles. The minimum absolute atomic E-state index is 0.0666. The highest BCUT2D eigenvalue weighted by Gasteiger charge is 2.51. The van der Waals surface area contributed by atoms with E-state index in [4.69, 9.17) is 18.4 Å². The number of rotatable bonds is 4. The normalized spacial score (nSPS) is 20.3. The molecule has 5 heterocycles. The lowest BCUT2D eigenvalue weighted by atomic mass is 9.36. The molecule has 0 amide bonds. The van der Waals surface area contributed by atoms with Crippen LogP contribution in [0, 0.1) is 0 Å². The van der Waals surface area contributed by atoms with Gasteiger partial charge in [0, 0.05) is 59.7 Å². The molecule has 0 bridgehead atoms. The summed E-state index contributed by atoms with van der Waals surface area (Å²) in [6.07, 6.45) is 1.32. The first kappa shape index (κ1) is 24.4. The van der Waals surface area contributed by atoms with Crippen molar-refractivity contribution in [2.24, 2.45) is 0 Å². The van der Waals surface area contributed by atoms with Crippen LogP contribution < -0.4 is 30.8 Å². The zero-order chi connectivity index (χ0) is 62.4. The third-order valence-electron chi connectivity index (χ3n) is 13.1. The second-order valence-corrected chi connectivity index (χ2v) is 21.6. The highest BCUT2D eigenvalue weighted by molar-refractivity contribution is 7.29. The number of hydrogen-bond acceptors (Lipinski definition) is 6. The predicted octanol–water partition coefficient (Wildman–Crippen LogP) is 15.2. The van der Waals surface area contributed by atoms with E-state index < -0.39 is 130 Å². The van der Waals surface area contributed by atoms with E-state index >= 15 is 0 Å². The molecule has 65 heavy (non-hydrogen) atoms. The summed E-state index contributed by atoms with van der Waals surface area (Å²) in [4.78, 5) is 3.26. The number of thiophene rings is 1. The molecule has 0 fully saturated rings. The number of benzene rings is 6. The summed E-state index contributed by atoms with van der Waals surface area (Å²) >= 11 is 1.43. The van der Waals surface area contributed by atoms with E-state index in [1.807, 2.05) is 20.8 Å². The maximum atomic E-state index is 11.0. The Hall–Kier alpha value is -6.18. The lowest BCUT2D eigenvalue weighted by Gasteiger charge is -2.43. The fourth-order valence-electron chi connectivity index (χ4n) is 9.55. The molecular weight excluding hydrogens is 814 g/mol. The van der Waals surface area contributed by atoms with Crippen LogP contribution in [-0.2, 0) is 21.7 Å². The SMILES string of the molecule is [2H]c1c([2H])c([2H])c(N(c2c([2H])c([2H])c([2H])c([2H])c2[2H])c2c([2H])c3c4c(c2[2H])N(c2cc5c(oc6c([2H])c([2H])c(C(C)(C)C)c([2H])c65)c([2H])c2[2H])c2c(sc5c2C(C)(C)CCC5(C)C)B4c2c(oc4c([2H])c([2H])c(C(C)(C)C)c([2H])c24)N3)c([2H])c1[2H]. The van der Waals surface area contributed by atoms with Crippen molar-refractivity contribution < 1.29 is 36.2 Å². The smallest absolute Gasteiger partial charge is 0.269 e. The standard InChI is InChI=1S/C58H56BN3O2S/c1-55(2,3)34-21-24-45-40(29-34)41-31-38(23-26-46(41)63-45)62-44-33-39(61(36-17-13-11-14-18-36)37-19-15-12-16-20-37)32-43-50(44)59(53-51(62)48-52(65-53)58(9,10)28-27-57(48,7)8)49-42-30-35(56(4,5)6)22-25-47(42)64-54(49)60-43/h11-26,29-33,60H,27-28H2,1-10H3/i11D,12D,13D,14D,15D,16D,17D,18D,19D,20D,21D,22D,23D,24D,25D,26D,29D,30D,32D,33D. The fraction of sp³-hybridized carbons (Fsp3) is 0.276. The van der Waals surface area contributed by atoms with Crippen molar-refractivity contribution in [3.8, 4) is 0 Å². The van der Waals surface area contributed by atoms with Crippen LogP contribution in [0.4, 0.5) is 45.7 Å². The van der Waals surface area contributed by atoms with Gasteiger partial charge in [-0.2, -0.15) is 11.3 Å². The van der Waals surface area contributed by atoms with Crippen LogP contribution in [0.2, 0.25) is 0 Å². The first-order valence-electron chi connectivity index (χ1n) is 31.7. The lowest BCUT2D eigenvalue weighted by Crippen LogP contribution is -2.59. The van der Waals surface area contributed by atoms with Gasteiger partial charge in [-0.25, -0.2) is 0 Å². The first-order chi connectivity index (χ1) is 39.3. The van der Waals surface area contributed by atoms with Gasteiger partial charge in [0.25, 0.3) is 6.71 Å². The highest BCUT2D eigenvalue weighted by atomic mass is 32.1. The molecule has 0 unspecified atom stereocenters. The number of nitrogens with zero attached hydrogens (tertiary/aromatic N) is 2. The monoisotopic (exact) mass is 890 g/mol. The molecule has 0 radical (unpaired) electrons. The molecule has 7 heteroatoms. The number of fused-ring (bicyclic) bond motifs is 11. The Morgan fingerprint density at radius 3 is 1.88 bits per heavy atom. The maximum Gasteiger partial charge on any atom is 0.269 e. The Kier molecular flexibility index (Phi) is 5.13. The lowest BCUT2D eigenvalue weighted by molar-refractivity contribution is 0.339. The van der Waals surface area contributed by atoms with Crippen LogP contribution in [0.1, 0.15) is 131 Å². The molecule has 3 aromatic heterocycles. The molecule has 3 aliphatic rings. The molecule has 2 aliphatic heterocycles. The number of nitrogens with one attached hydrogen (secondary N) is 1. The van der Waals surface area contributed by atoms with E-state index in [9.17, 15) is 17.8 Å². The first-order valence-corrected chi connectivity index (χ1v) is 22.5. The van der Waals surface area contributed by atoms with Crippen molar-refractivity contribution in [1.82, 2.24) is 0 Å². The van der Waals surface area contributed by atoms with Gasteiger partial charge >= 0.3 is 0 Å². The van der Waals surface area contributed by atoms with Gasteiger partial charge in [0.05, 0.1) is 38.8 Å². The van der Waals surface area contributed by atoms with Gasteiger partial charge in [-0.3, -0.25) is 0 Å². The predicted molar refractivity (Wildman–Crippen MR) is 278 cm³/mol. The van der Waals surface area contributed by atoms with Crippen LogP contribution in [-0.4, -0.2) is 6.71 Å². The van der Waals surface area contributed by atoms with Crippen molar-refractivity contribution >= 4 is 112 Å². The molecule has 6 aromatic carbocycles. The Bertz CT molecular complexity index is 4460. The van der Waals surface area contributed by atoms with Crippen molar-refractivity contribution in [1.29, 1.82) is 0 Å². The van der Waals surface area contributed by atoms with Gasteiger partial charge in [0.1, 0.15) is 16.7 Å². The minimum atomic E-state index is -1.13. The van der Waals surface area contributed by atoms with E-state index in [0.717, 1.165) is 15.3 Å². The van der Waals surface area contributed by atoms with Crippen LogP contribution >= 0.6 is 11.3 Å². The van der Waals surface area contributed by atoms with Crippen molar-refractivity contribution in [3.63, 3.8) is 0 Å². The van der Waals surface area contributed by atoms with E-state index in [0.29, 0.717) is 28.8 Å². The summed E-state index contributed by atoms with van der Waals surface area (Å²) in [5, 5.41) is 3.62. The van der Waals surface area contributed by atoms with Crippen LogP contribution in [0.25, 0.3) is 32.9 Å².